The minimum atomic E-state index is 0.531. The highest BCUT2D eigenvalue weighted by molar-refractivity contribution is 7.09. The molecule has 108 valence electrons. The number of aryl methyl sites for hydroxylation is 1. The van der Waals surface area contributed by atoms with Crippen molar-refractivity contribution >= 4 is 17.0 Å². The van der Waals surface area contributed by atoms with Gasteiger partial charge in [0, 0.05) is 23.4 Å². The van der Waals surface area contributed by atoms with E-state index in [2.05, 4.69) is 4.98 Å². The van der Waals surface area contributed by atoms with Crippen LogP contribution in [0.1, 0.15) is 10.6 Å². The number of nitrogens with zero attached hydrogens (tertiary/aromatic N) is 1. The van der Waals surface area contributed by atoms with Gasteiger partial charge >= 0.3 is 0 Å². The summed E-state index contributed by atoms with van der Waals surface area (Å²) in [5, 5.41) is 0. The van der Waals surface area contributed by atoms with Gasteiger partial charge < -0.3 is 19.9 Å². The fourth-order valence-electron chi connectivity index (χ4n) is 1.82. The lowest BCUT2D eigenvalue weighted by atomic mass is 10.2. The second kappa shape index (κ2) is 6.47. The zero-order chi connectivity index (χ0) is 14.5. The summed E-state index contributed by atoms with van der Waals surface area (Å²) in [6, 6.07) is 3.44. The molecule has 2 N–H and O–H groups in total. The zero-order valence-electron chi connectivity index (χ0n) is 11.8. The molecule has 0 atom stereocenters. The number of nitrogens with two attached hydrogens (primary N) is 1. The molecule has 2 rings (SSSR count). The van der Waals surface area contributed by atoms with E-state index in [1.165, 1.54) is 4.88 Å². The second-order valence-corrected chi connectivity index (χ2v) is 5.14. The third kappa shape index (κ3) is 3.14. The molecule has 0 aliphatic carbocycles. The number of thiazole rings is 1. The van der Waals surface area contributed by atoms with E-state index in [1.807, 2.05) is 12.4 Å². The molecule has 0 fully saturated rings. The summed E-state index contributed by atoms with van der Waals surface area (Å²) in [6.45, 7) is 2.54. The molecule has 0 amide bonds. The van der Waals surface area contributed by atoms with Crippen molar-refractivity contribution in [1.82, 2.24) is 4.98 Å². The molecule has 20 heavy (non-hydrogen) atoms. The summed E-state index contributed by atoms with van der Waals surface area (Å²) in [5.74, 6) is 1.80. The normalized spacial score (nSPS) is 10.3. The molecule has 1 aromatic heterocycles. The van der Waals surface area contributed by atoms with Crippen LogP contribution in [0.25, 0.3) is 0 Å². The fourth-order valence-corrected chi connectivity index (χ4v) is 2.58. The van der Waals surface area contributed by atoms with Crippen LogP contribution in [-0.2, 0) is 6.42 Å². The Morgan fingerprint density at radius 1 is 1.15 bits per heavy atom. The average Bonchev–Trinajstić information content (AvgIpc) is 2.85. The molecule has 0 bridgehead atoms. The highest BCUT2D eigenvalue weighted by Crippen LogP contribution is 2.36. The van der Waals surface area contributed by atoms with Crippen molar-refractivity contribution < 1.29 is 14.2 Å². The number of anilines is 1. The highest BCUT2D eigenvalue weighted by Gasteiger charge is 2.10. The van der Waals surface area contributed by atoms with Crippen LogP contribution in [0.2, 0.25) is 0 Å². The quantitative estimate of drug-likeness (QED) is 0.830. The first-order valence-electron chi connectivity index (χ1n) is 6.19. The Morgan fingerprint density at radius 3 is 2.45 bits per heavy atom. The standard InChI is InChI=1S/C14H18N2O3S/c1-9-14(20-8-16-9)4-5-19-11-7-13(18-3)12(17-2)6-10(11)15/h6-8H,4-5,15H2,1-3H3. The van der Waals surface area contributed by atoms with E-state index in [0.717, 1.165) is 12.1 Å². The largest absolute Gasteiger partial charge is 0.493 e. The maximum atomic E-state index is 5.94. The summed E-state index contributed by atoms with van der Waals surface area (Å²) < 4.78 is 16.1. The second-order valence-electron chi connectivity index (χ2n) is 4.20. The molecule has 0 aliphatic rings. The lowest BCUT2D eigenvalue weighted by Gasteiger charge is -2.13. The van der Waals surface area contributed by atoms with E-state index in [4.69, 9.17) is 19.9 Å². The number of hydrogen-bond acceptors (Lipinski definition) is 6. The van der Waals surface area contributed by atoms with Crippen LogP contribution >= 0.6 is 11.3 Å². The molecule has 2 aromatic rings. The van der Waals surface area contributed by atoms with Crippen LogP contribution < -0.4 is 19.9 Å². The van der Waals surface area contributed by atoms with Crippen molar-refractivity contribution in [2.45, 2.75) is 13.3 Å². The van der Waals surface area contributed by atoms with E-state index in [0.29, 0.717) is 29.5 Å². The van der Waals surface area contributed by atoms with Crippen molar-refractivity contribution in [1.29, 1.82) is 0 Å². The van der Waals surface area contributed by atoms with Gasteiger partial charge in [0.15, 0.2) is 11.5 Å². The molecule has 0 spiro atoms. The van der Waals surface area contributed by atoms with Gasteiger partial charge in [-0.05, 0) is 6.92 Å². The number of nitrogen functional groups attached to an aromatic ring is 1. The maximum absolute atomic E-state index is 5.94. The Kier molecular flexibility index (Phi) is 4.68. The Balaban J connectivity index is 2.04. The van der Waals surface area contributed by atoms with Gasteiger partial charge in [-0.3, -0.25) is 0 Å². The predicted octanol–water partition coefficient (Wildman–Crippen LogP) is 2.67. The molecule has 1 heterocycles. The Bertz CT molecular complexity index is 584. The van der Waals surface area contributed by atoms with Crippen LogP contribution in [0.15, 0.2) is 17.6 Å². The molecule has 5 nitrogen and oxygen atoms in total. The van der Waals surface area contributed by atoms with Gasteiger partial charge in [0.05, 0.1) is 37.7 Å². The SMILES string of the molecule is COc1cc(N)c(OCCc2scnc2C)cc1OC. The van der Waals surface area contributed by atoms with Gasteiger partial charge in [-0.1, -0.05) is 0 Å². The molecular formula is C14H18N2O3S. The first-order valence-corrected chi connectivity index (χ1v) is 7.07. The number of hydrogen-bond donors (Lipinski definition) is 1. The summed E-state index contributed by atoms with van der Waals surface area (Å²) in [5.41, 5.74) is 9.37. The topological polar surface area (TPSA) is 66.6 Å². The minimum absolute atomic E-state index is 0.531. The Morgan fingerprint density at radius 2 is 1.85 bits per heavy atom. The van der Waals surface area contributed by atoms with Crippen molar-refractivity contribution in [3.8, 4) is 17.2 Å². The summed E-state index contributed by atoms with van der Waals surface area (Å²) in [4.78, 5) is 5.44. The van der Waals surface area contributed by atoms with E-state index in [-0.39, 0.29) is 0 Å². The number of benzene rings is 1. The summed E-state index contributed by atoms with van der Waals surface area (Å²) >= 11 is 1.64. The Hall–Kier alpha value is -1.95. The zero-order valence-corrected chi connectivity index (χ0v) is 12.6. The third-order valence-electron chi connectivity index (χ3n) is 2.95. The Labute approximate surface area is 122 Å². The third-order valence-corrected chi connectivity index (χ3v) is 3.94. The van der Waals surface area contributed by atoms with E-state index in [9.17, 15) is 0 Å². The molecular weight excluding hydrogens is 276 g/mol. The van der Waals surface area contributed by atoms with Gasteiger partial charge in [-0.2, -0.15) is 0 Å². The smallest absolute Gasteiger partial charge is 0.164 e. The van der Waals surface area contributed by atoms with Crippen LogP contribution in [0.3, 0.4) is 0 Å². The maximum Gasteiger partial charge on any atom is 0.164 e. The van der Waals surface area contributed by atoms with Crippen molar-refractivity contribution in [3.63, 3.8) is 0 Å². The van der Waals surface area contributed by atoms with Gasteiger partial charge in [0.25, 0.3) is 0 Å². The van der Waals surface area contributed by atoms with Crippen molar-refractivity contribution in [3.05, 3.63) is 28.2 Å². The highest BCUT2D eigenvalue weighted by atomic mass is 32.1. The van der Waals surface area contributed by atoms with Crippen molar-refractivity contribution in [2.75, 3.05) is 26.6 Å². The minimum Gasteiger partial charge on any atom is -0.493 e. The van der Waals surface area contributed by atoms with Gasteiger partial charge in [-0.15, -0.1) is 11.3 Å². The summed E-state index contributed by atoms with van der Waals surface area (Å²) in [6.07, 6.45) is 0.810. The number of aromatic nitrogens is 1. The monoisotopic (exact) mass is 294 g/mol. The molecule has 0 aliphatic heterocycles. The molecule has 0 radical (unpaired) electrons. The van der Waals surface area contributed by atoms with Crippen LogP contribution in [0.5, 0.6) is 17.2 Å². The molecule has 0 saturated heterocycles. The lowest BCUT2D eigenvalue weighted by molar-refractivity contribution is 0.316. The molecule has 1 aromatic carbocycles. The number of ether oxygens (including phenoxy) is 3. The van der Waals surface area contributed by atoms with Crippen LogP contribution in [0, 0.1) is 6.92 Å². The number of methoxy groups -OCH3 is 2. The van der Waals surface area contributed by atoms with Gasteiger partial charge in [0.2, 0.25) is 0 Å². The van der Waals surface area contributed by atoms with E-state index in [1.54, 1.807) is 37.7 Å². The summed E-state index contributed by atoms with van der Waals surface area (Å²) in [7, 11) is 3.16. The van der Waals surface area contributed by atoms with Crippen molar-refractivity contribution in [2.24, 2.45) is 0 Å². The fraction of sp³-hybridized carbons (Fsp3) is 0.357. The predicted molar refractivity (Wildman–Crippen MR) is 80.0 cm³/mol. The lowest BCUT2D eigenvalue weighted by Crippen LogP contribution is -2.04. The van der Waals surface area contributed by atoms with E-state index >= 15 is 0 Å². The van der Waals surface area contributed by atoms with Crippen LogP contribution in [0.4, 0.5) is 5.69 Å². The average molecular weight is 294 g/mol. The first kappa shape index (κ1) is 14.5. The first-order chi connectivity index (χ1) is 9.65. The molecule has 6 heteroatoms. The van der Waals surface area contributed by atoms with Crippen LogP contribution in [-0.4, -0.2) is 25.8 Å². The van der Waals surface area contributed by atoms with Gasteiger partial charge in [0.1, 0.15) is 5.75 Å². The van der Waals surface area contributed by atoms with Gasteiger partial charge in [-0.25, -0.2) is 4.98 Å². The number of rotatable bonds is 6. The molecule has 0 unspecified atom stereocenters. The van der Waals surface area contributed by atoms with E-state index < -0.39 is 0 Å². The molecule has 0 saturated carbocycles.